The lowest BCUT2D eigenvalue weighted by Gasteiger charge is -2.61. The molecule has 12 atom stereocenters. The second kappa shape index (κ2) is 9.66. The standard InChI is InChI=1S/C32H42O10/c1-7-8-9-10-11-12-13-14-29-40-26-22-25-28(16-33,39-25)27(36)30(37)21(15-18(4)23(30)35)32(22,42-29)19(5)24(38-20(6)34)31(26,41-29)17(2)3/h11-15,19,21-22,24-27,33,36-37H,2,7-10,16H2,1,3-6H3/b12-11+,14-13?/t19-,21-,22?,24-,25+,26-,27-,28+,29-,30-,31+,32+/m1/s1. The predicted molar refractivity (Wildman–Crippen MR) is 149 cm³/mol. The van der Waals surface area contributed by atoms with Gasteiger partial charge >= 0.3 is 11.9 Å². The lowest BCUT2D eigenvalue weighted by molar-refractivity contribution is -0.407. The largest absolute Gasteiger partial charge is 0.459 e. The highest BCUT2D eigenvalue weighted by Crippen LogP contribution is 2.73. The molecule has 1 unspecified atom stereocenters. The van der Waals surface area contributed by atoms with Crippen molar-refractivity contribution < 1.29 is 48.6 Å². The van der Waals surface area contributed by atoms with Crippen LogP contribution in [-0.2, 0) is 33.3 Å². The van der Waals surface area contributed by atoms with Gasteiger partial charge < -0.3 is 39.0 Å². The molecule has 3 aliphatic heterocycles. The third-order valence-corrected chi connectivity index (χ3v) is 10.6. The van der Waals surface area contributed by atoms with Gasteiger partial charge in [0.15, 0.2) is 17.0 Å². The fraction of sp³-hybridized carbons (Fsp3) is 0.688. The van der Waals surface area contributed by atoms with Crippen LogP contribution < -0.4 is 0 Å². The quantitative estimate of drug-likeness (QED) is 0.121. The van der Waals surface area contributed by atoms with Crippen LogP contribution in [0.15, 0.2) is 48.1 Å². The number of epoxide rings is 1. The van der Waals surface area contributed by atoms with Gasteiger partial charge in [-0.15, -0.1) is 0 Å². The van der Waals surface area contributed by atoms with Crippen molar-refractivity contribution in [2.24, 2.45) is 17.8 Å². The van der Waals surface area contributed by atoms with E-state index in [1.807, 2.05) is 19.1 Å². The molecule has 3 saturated heterocycles. The molecule has 0 aromatic rings. The van der Waals surface area contributed by atoms with E-state index in [0.29, 0.717) is 5.57 Å². The number of aliphatic hydroxyl groups is 3. The van der Waals surface area contributed by atoms with E-state index in [1.54, 1.807) is 32.1 Å². The summed E-state index contributed by atoms with van der Waals surface area (Å²) < 4.78 is 32.4. The van der Waals surface area contributed by atoms with E-state index in [1.165, 1.54) is 6.92 Å². The van der Waals surface area contributed by atoms with E-state index in [-0.39, 0.29) is 5.57 Å². The molecule has 2 saturated carbocycles. The smallest absolute Gasteiger partial charge is 0.307 e. The third kappa shape index (κ3) is 3.51. The monoisotopic (exact) mass is 586 g/mol. The Labute approximate surface area is 246 Å². The van der Waals surface area contributed by atoms with Crippen LogP contribution in [0, 0.1) is 17.8 Å². The van der Waals surface area contributed by atoms with Crippen molar-refractivity contribution >= 4 is 11.8 Å². The highest BCUT2D eigenvalue weighted by atomic mass is 16.9. The van der Waals surface area contributed by atoms with E-state index in [4.69, 9.17) is 23.7 Å². The van der Waals surface area contributed by atoms with E-state index in [9.17, 15) is 24.9 Å². The Kier molecular flexibility index (Phi) is 6.87. The van der Waals surface area contributed by atoms with Crippen LogP contribution in [0.3, 0.4) is 0 Å². The first-order valence-electron chi connectivity index (χ1n) is 15.0. The molecule has 3 N–H and O–H groups in total. The number of allylic oxidation sites excluding steroid dienone is 3. The van der Waals surface area contributed by atoms with Gasteiger partial charge in [0, 0.05) is 30.8 Å². The number of esters is 1. The number of Topliss-reactive ketones (excluding diaryl/α,β-unsaturated/α-hetero) is 1. The number of ether oxygens (including phenoxy) is 5. The van der Waals surface area contributed by atoms with Gasteiger partial charge in [0.1, 0.15) is 30.0 Å². The summed E-state index contributed by atoms with van der Waals surface area (Å²) in [5.74, 6) is -5.58. The topological polar surface area (TPSA) is 144 Å². The predicted octanol–water partition coefficient (Wildman–Crippen LogP) is 2.41. The average Bonchev–Trinajstić information content (AvgIpc) is 3.57. The Morgan fingerprint density at radius 2 is 1.90 bits per heavy atom. The van der Waals surface area contributed by atoms with Crippen LogP contribution in [0.5, 0.6) is 0 Å². The molecule has 6 rings (SSSR count). The summed E-state index contributed by atoms with van der Waals surface area (Å²) in [6, 6.07) is 0. The Morgan fingerprint density at radius 1 is 1.17 bits per heavy atom. The molecule has 3 bridgehead atoms. The van der Waals surface area contributed by atoms with E-state index >= 15 is 0 Å². The molecule has 5 fully saturated rings. The highest BCUT2D eigenvalue weighted by molar-refractivity contribution is 6.05. The van der Waals surface area contributed by atoms with Crippen molar-refractivity contribution in [3.05, 3.63) is 48.1 Å². The third-order valence-electron chi connectivity index (χ3n) is 10.6. The number of unbranched alkanes of at least 4 members (excludes halogenated alkanes) is 3. The summed E-state index contributed by atoms with van der Waals surface area (Å²) in [6.07, 6.45) is 8.71. The zero-order chi connectivity index (χ0) is 30.5. The van der Waals surface area contributed by atoms with Gasteiger partial charge in [-0.25, -0.2) is 0 Å². The van der Waals surface area contributed by atoms with Crippen molar-refractivity contribution in [1.29, 1.82) is 0 Å². The number of fused-ring (bicyclic) bond motifs is 3. The minimum atomic E-state index is -2.38. The molecule has 6 aliphatic rings. The Balaban J connectivity index is 1.55. The van der Waals surface area contributed by atoms with Gasteiger partial charge in [-0.05, 0) is 37.8 Å². The van der Waals surface area contributed by atoms with Gasteiger partial charge in [0.2, 0.25) is 0 Å². The number of ketones is 1. The molecule has 10 nitrogen and oxygen atoms in total. The van der Waals surface area contributed by atoms with Crippen LogP contribution in [0.2, 0.25) is 0 Å². The Morgan fingerprint density at radius 3 is 2.55 bits per heavy atom. The normalized spacial score (nSPS) is 50.0. The van der Waals surface area contributed by atoms with Gasteiger partial charge in [0.25, 0.3) is 0 Å². The first kappa shape index (κ1) is 29.9. The summed E-state index contributed by atoms with van der Waals surface area (Å²) >= 11 is 0. The maximum absolute atomic E-state index is 13.7. The number of carbonyl (C=O) groups excluding carboxylic acids is 2. The minimum Gasteiger partial charge on any atom is -0.459 e. The van der Waals surface area contributed by atoms with Gasteiger partial charge in [-0.2, -0.15) is 0 Å². The van der Waals surface area contributed by atoms with Gasteiger partial charge in [-0.3, -0.25) is 9.59 Å². The Hall–Kier alpha value is -2.18. The van der Waals surface area contributed by atoms with Crippen molar-refractivity contribution in [3.8, 4) is 0 Å². The van der Waals surface area contributed by atoms with Crippen LogP contribution in [-0.4, -0.2) is 86.5 Å². The number of aliphatic hydroxyl groups excluding tert-OH is 2. The molecule has 42 heavy (non-hydrogen) atoms. The lowest BCUT2D eigenvalue weighted by Crippen LogP contribution is -2.76. The molecule has 0 amide bonds. The highest BCUT2D eigenvalue weighted by Gasteiger charge is 2.90. The Bertz CT molecular complexity index is 1290. The molecule has 230 valence electrons. The zero-order valence-electron chi connectivity index (χ0n) is 24.9. The molecular weight excluding hydrogens is 544 g/mol. The summed E-state index contributed by atoms with van der Waals surface area (Å²) in [5, 5.41) is 34.4. The fourth-order valence-corrected chi connectivity index (χ4v) is 8.66. The molecule has 0 aromatic carbocycles. The van der Waals surface area contributed by atoms with Crippen LogP contribution in [0.25, 0.3) is 0 Å². The van der Waals surface area contributed by atoms with Crippen LogP contribution in [0.4, 0.5) is 0 Å². The van der Waals surface area contributed by atoms with Crippen LogP contribution >= 0.6 is 0 Å². The van der Waals surface area contributed by atoms with Crippen molar-refractivity contribution in [3.63, 3.8) is 0 Å². The number of hydrogen-bond donors (Lipinski definition) is 3. The van der Waals surface area contributed by atoms with Crippen LogP contribution in [0.1, 0.15) is 60.3 Å². The summed E-state index contributed by atoms with van der Waals surface area (Å²) in [6.45, 7) is 12.2. The van der Waals surface area contributed by atoms with E-state index in [2.05, 4.69) is 13.5 Å². The fourth-order valence-electron chi connectivity index (χ4n) is 8.66. The second-order valence-corrected chi connectivity index (χ2v) is 12.9. The molecule has 0 radical (unpaired) electrons. The van der Waals surface area contributed by atoms with E-state index in [0.717, 1.165) is 25.7 Å². The molecular formula is C32H42O10. The second-order valence-electron chi connectivity index (χ2n) is 12.9. The summed E-state index contributed by atoms with van der Waals surface area (Å²) in [7, 11) is 0. The molecule has 3 heterocycles. The lowest BCUT2D eigenvalue weighted by atomic mass is 9.53. The van der Waals surface area contributed by atoms with Gasteiger partial charge in [0.05, 0.1) is 12.2 Å². The number of hydrogen-bond acceptors (Lipinski definition) is 10. The van der Waals surface area contributed by atoms with Gasteiger partial charge in [-0.1, -0.05) is 57.6 Å². The molecule has 0 spiro atoms. The molecule has 10 heteroatoms. The number of carbonyl (C=O) groups is 2. The van der Waals surface area contributed by atoms with Crippen molar-refractivity contribution in [2.75, 3.05) is 6.61 Å². The zero-order valence-corrected chi connectivity index (χ0v) is 24.9. The first-order valence-corrected chi connectivity index (χ1v) is 15.0. The maximum Gasteiger partial charge on any atom is 0.307 e. The average molecular weight is 587 g/mol. The van der Waals surface area contributed by atoms with E-state index < -0.39 is 88.9 Å². The summed E-state index contributed by atoms with van der Waals surface area (Å²) in [4.78, 5) is 26.2. The summed E-state index contributed by atoms with van der Waals surface area (Å²) in [5.41, 5.74) is -6.12. The first-order chi connectivity index (χ1) is 19.8. The minimum absolute atomic E-state index is 0.248. The van der Waals surface area contributed by atoms with Crippen molar-refractivity contribution in [1.82, 2.24) is 0 Å². The maximum atomic E-state index is 13.7. The molecule has 3 aliphatic carbocycles. The SMILES string of the molecule is C=C(C)[C@@]12O[C@@]3(C=C/C=C/CCCCC)O[C@@H]1C1[C@@H]4O[C@]4(CO)[C@@H](O)[C@]4(O)C(=O)C(C)=C[C@H]4[C@@]1(O3)[C@H](C)[C@H]2OC(C)=O. The van der Waals surface area contributed by atoms with Crippen molar-refractivity contribution in [2.45, 2.75) is 113 Å². The molecule has 0 aromatic heterocycles. The number of rotatable bonds is 9.